The first-order valence-electron chi connectivity index (χ1n) is 11.5. The van der Waals surface area contributed by atoms with E-state index >= 15 is 0 Å². The summed E-state index contributed by atoms with van der Waals surface area (Å²) in [6.07, 6.45) is 10.3. The van der Waals surface area contributed by atoms with E-state index < -0.39 is 23.8 Å². The van der Waals surface area contributed by atoms with Crippen LogP contribution in [-0.4, -0.2) is 61.4 Å². The van der Waals surface area contributed by atoms with Gasteiger partial charge in [-0.25, -0.2) is 0 Å². The lowest BCUT2D eigenvalue weighted by Crippen LogP contribution is -2.59. The van der Waals surface area contributed by atoms with Crippen LogP contribution in [0.25, 0.3) is 0 Å². The maximum Gasteiger partial charge on any atom is 0.243 e. The second-order valence-electron chi connectivity index (χ2n) is 8.83. The molecule has 2 heterocycles. The van der Waals surface area contributed by atoms with Crippen LogP contribution in [0.15, 0.2) is 10.2 Å². The van der Waals surface area contributed by atoms with Gasteiger partial charge in [0.25, 0.3) is 0 Å². The zero-order valence-electron chi connectivity index (χ0n) is 19.0. The first kappa shape index (κ1) is 25.3. The van der Waals surface area contributed by atoms with Crippen LogP contribution in [0.2, 0.25) is 0 Å². The standard InChI is InChI=1S/C23H37FN4O3/c1-4-6-10-23(26-27-23)11-9-19(29)28(16-8-7-14-24)20(21(30)25-15-5-2)22(3)12-17-31-18-13-22/h1,20H,5-18H2,2-3H3,(H,25,30). The number of terminal acetylenes is 1. The highest BCUT2D eigenvalue weighted by Gasteiger charge is 2.46. The van der Waals surface area contributed by atoms with Crippen molar-refractivity contribution < 1.29 is 18.7 Å². The monoisotopic (exact) mass is 436 g/mol. The number of hydrogen-bond acceptors (Lipinski definition) is 5. The number of ether oxygens (including phenoxy) is 1. The van der Waals surface area contributed by atoms with Crippen molar-refractivity contribution in [3.8, 4) is 12.3 Å². The van der Waals surface area contributed by atoms with E-state index in [0.29, 0.717) is 71.2 Å². The average Bonchev–Trinajstić information content (AvgIpc) is 3.54. The van der Waals surface area contributed by atoms with Gasteiger partial charge in [0.2, 0.25) is 11.8 Å². The summed E-state index contributed by atoms with van der Waals surface area (Å²) in [5.41, 5.74) is -0.938. The van der Waals surface area contributed by atoms with Gasteiger partial charge in [-0.1, -0.05) is 13.8 Å². The Morgan fingerprint density at radius 3 is 2.55 bits per heavy atom. The summed E-state index contributed by atoms with van der Waals surface area (Å²) in [7, 11) is 0. The Morgan fingerprint density at radius 2 is 1.97 bits per heavy atom. The molecule has 0 aromatic rings. The van der Waals surface area contributed by atoms with Gasteiger partial charge in [-0.05, 0) is 32.1 Å². The number of nitrogens with zero attached hydrogens (tertiary/aromatic N) is 3. The number of amides is 2. The van der Waals surface area contributed by atoms with Gasteiger partial charge in [-0.3, -0.25) is 14.0 Å². The van der Waals surface area contributed by atoms with Crippen molar-refractivity contribution in [3.63, 3.8) is 0 Å². The molecular formula is C23H37FN4O3. The third-order valence-electron chi connectivity index (χ3n) is 6.30. The van der Waals surface area contributed by atoms with Crippen LogP contribution in [0, 0.1) is 17.8 Å². The Kier molecular flexibility index (Phi) is 9.89. The van der Waals surface area contributed by atoms with Gasteiger partial charge < -0.3 is 15.0 Å². The molecule has 8 heteroatoms. The van der Waals surface area contributed by atoms with Crippen LogP contribution < -0.4 is 5.32 Å². The van der Waals surface area contributed by atoms with Crippen molar-refractivity contribution >= 4 is 11.8 Å². The summed E-state index contributed by atoms with van der Waals surface area (Å²) in [6, 6.07) is -0.607. The Balaban J connectivity index is 2.18. The molecule has 0 saturated carbocycles. The topological polar surface area (TPSA) is 83.4 Å². The number of carbonyl (C=O) groups is 2. The molecule has 0 aromatic carbocycles. The normalized spacial score (nSPS) is 19.3. The van der Waals surface area contributed by atoms with E-state index in [1.165, 1.54) is 0 Å². The largest absolute Gasteiger partial charge is 0.381 e. The minimum absolute atomic E-state index is 0.111. The number of alkyl halides is 1. The molecule has 1 saturated heterocycles. The molecule has 31 heavy (non-hydrogen) atoms. The van der Waals surface area contributed by atoms with Crippen molar-refractivity contribution in [2.45, 2.75) is 83.3 Å². The molecule has 2 aliphatic rings. The molecule has 0 radical (unpaired) electrons. The van der Waals surface area contributed by atoms with Crippen LogP contribution in [0.4, 0.5) is 4.39 Å². The quantitative estimate of drug-likeness (QED) is 0.333. The zero-order valence-corrected chi connectivity index (χ0v) is 19.0. The van der Waals surface area contributed by atoms with E-state index in [-0.39, 0.29) is 18.2 Å². The fourth-order valence-corrected chi connectivity index (χ4v) is 4.18. The highest BCUT2D eigenvalue weighted by Crippen LogP contribution is 2.40. The van der Waals surface area contributed by atoms with Crippen molar-refractivity contribution in [2.24, 2.45) is 15.6 Å². The Labute approximate surface area is 185 Å². The maximum absolute atomic E-state index is 13.4. The minimum Gasteiger partial charge on any atom is -0.381 e. The minimum atomic E-state index is -0.607. The Bertz CT molecular complexity index is 664. The van der Waals surface area contributed by atoms with Crippen LogP contribution >= 0.6 is 0 Å². The van der Waals surface area contributed by atoms with Gasteiger partial charge in [0, 0.05) is 57.4 Å². The lowest BCUT2D eigenvalue weighted by atomic mass is 9.74. The summed E-state index contributed by atoms with van der Waals surface area (Å²) >= 11 is 0. The predicted octanol–water partition coefficient (Wildman–Crippen LogP) is 3.63. The van der Waals surface area contributed by atoms with E-state index in [1.807, 2.05) is 6.92 Å². The summed E-state index contributed by atoms with van der Waals surface area (Å²) < 4.78 is 18.3. The first-order valence-corrected chi connectivity index (χ1v) is 11.5. The van der Waals surface area contributed by atoms with Gasteiger partial charge in [-0.15, -0.1) is 12.3 Å². The van der Waals surface area contributed by atoms with Crippen LogP contribution in [0.5, 0.6) is 0 Å². The molecule has 2 amide bonds. The number of carbonyl (C=O) groups excluding carboxylic acids is 2. The second kappa shape index (κ2) is 12.1. The van der Waals surface area contributed by atoms with Crippen LogP contribution in [0.1, 0.15) is 71.6 Å². The fourth-order valence-electron chi connectivity index (χ4n) is 4.18. The molecule has 0 spiro atoms. The highest BCUT2D eigenvalue weighted by molar-refractivity contribution is 5.88. The van der Waals surface area contributed by atoms with Gasteiger partial charge in [-0.2, -0.15) is 10.2 Å². The lowest BCUT2D eigenvalue weighted by Gasteiger charge is -2.45. The van der Waals surface area contributed by atoms with E-state index in [1.54, 1.807) is 4.90 Å². The molecule has 0 aliphatic carbocycles. The fraction of sp³-hybridized carbons (Fsp3) is 0.826. The molecule has 7 nitrogen and oxygen atoms in total. The molecule has 0 aromatic heterocycles. The van der Waals surface area contributed by atoms with Crippen molar-refractivity contribution in [2.75, 3.05) is 33.0 Å². The molecule has 174 valence electrons. The number of unbranched alkanes of at least 4 members (excludes halogenated alkanes) is 1. The zero-order chi connectivity index (χ0) is 22.7. The van der Waals surface area contributed by atoms with E-state index in [9.17, 15) is 14.0 Å². The molecule has 1 atom stereocenters. The van der Waals surface area contributed by atoms with Crippen molar-refractivity contribution in [1.29, 1.82) is 0 Å². The predicted molar refractivity (Wildman–Crippen MR) is 117 cm³/mol. The van der Waals surface area contributed by atoms with E-state index in [2.05, 4.69) is 28.4 Å². The summed E-state index contributed by atoms with van der Waals surface area (Å²) in [5, 5.41) is 11.2. The van der Waals surface area contributed by atoms with Crippen LogP contribution in [-0.2, 0) is 14.3 Å². The maximum atomic E-state index is 13.4. The lowest BCUT2D eigenvalue weighted by molar-refractivity contribution is -0.149. The molecule has 0 bridgehead atoms. The number of hydrogen-bond donors (Lipinski definition) is 1. The third-order valence-corrected chi connectivity index (χ3v) is 6.30. The Morgan fingerprint density at radius 1 is 1.26 bits per heavy atom. The number of nitrogens with one attached hydrogen (secondary N) is 1. The van der Waals surface area contributed by atoms with Crippen LogP contribution in [0.3, 0.4) is 0 Å². The van der Waals surface area contributed by atoms with Gasteiger partial charge in [0.15, 0.2) is 5.66 Å². The first-order chi connectivity index (χ1) is 14.9. The highest BCUT2D eigenvalue weighted by atomic mass is 19.1. The smallest absolute Gasteiger partial charge is 0.243 e. The average molecular weight is 437 g/mol. The van der Waals surface area contributed by atoms with E-state index in [0.717, 1.165) is 6.42 Å². The summed E-state index contributed by atoms with van der Waals surface area (Å²) in [5.74, 6) is 2.35. The van der Waals surface area contributed by atoms with Gasteiger partial charge >= 0.3 is 0 Å². The number of halogens is 1. The van der Waals surface area contributed by atoms with Gasteiger partial charge in [0.1, 0.15) is 6.04 Å². The summed E-state index contributed by atoms with van der Waals surface area (Å²) in [4.78, 5) is 28.3. The van der Waals surface area contributed by atoms with E-state index in [4.69, 9.17) is 11.2 Å². The van der Waals surface area contributed by atoms with Gasteiger partial charge in [0.05, 0.1) is 6.67 Å². The molecule has 2 aliphatic heterocycles. The molecule has 1 N–H and O–H groups in total. The Hall–Kier alpha value is -2.01. The third kappa shape index (κ3) is 7.27. The molecule has 1 fully saturated rings. The van der Waals surface area contributed by atoms with Crippen molar-refractivity contribution in [3.05, 3.63) is 0 Å². The molecule has 1 unspecified atom stereocenters. The number of rotatable bonds is 14. The van der Waals surface area contributed by atoms with Crippen molar-refractivity contribution in [1.82, 2.24) is 10.2 Å². The molecule has 2 rings (SSSR count). The summed E-state index contributed by atoms with van der Waals surface area (Å²) in [6.45, 7) is 5.65. The second-order valence-corrected chi connectivity index (χ2v) is 8.83. The SMILES string of the molecule is C#CCCC1(CCC(=O)N(CCCCF)C(C(=O)NCCC)C2(C)CCOCC2)N=N1. The molecular weight excluding hydrogens is 399 g/mol.